The Morgan fingerprint density at radius 3 is 2.70 bits per heavy atom. The number of nitrogens with zero attached hydrogens (tertiary/aromatic N) is 4. The summed E-state index contributed by atoms with van der Waals surface area (Å²) in [6.45, 7) is 3.79. The van der Waals surface area contributed by atoms with E-state index in [1.165, 1.54) is 22.5 Å². The van der Waals surface area contributed by atoms with Crippen LogP contribution < -0.4 is 27.4 Å². The van der Waals surface area contributed by atoms with Crippen LogP contribution in [-0.2, 0) is 17.9 Å². The van der Waals surface area contributed by atoms with E-state index in [-0.39, 0.29) is 23.6 Å². The molecule has 3 N–H and O–H groups in total. The largest absolute Gasteiger partial charge is 0.383 e. The number of nitrogens with one attached hydrogen (secondary N) is 1. The number of nitrogens with two attached hydrogens (primary N) is 1. The van der Waals surface area contributed by atoms with Crippen molar-refractivity contribution in [3.05, 3.63) is 61.3 Å². The molecular weight excluding hydrogens is 388 g/mol. The smallest absolute Gasteiger partial charge is 0.330 e. The first-order valence-corrected chi connectivity index (χ1v) is 9.60. The molecule has 0 fully saturated rings. The number of hydrogen-bond acceptors (Lipinski definition) is 6. The Balaban J connectivity index is 1.96. The number of carbonyl (C=O) groups is 1. The van der Waals surface area contributed by atoms with Gasteiger partial charge in [-0.3, -0.25) is 28.5 Å². The van der Waals surface area contributed by atoms with Gasteiger partial charge in [0, 0.05) is 13.6 Å². The second kappa shape index (κ2) is 8.36. The fourth-order valence-electron chi connectivity index (χ4n) is 3.27. The first-order valence-electron chi connectivity index (χ1n) is 9.60. The van der Waals surface area contributed by atoms with Crippen molar-refractivity contribution < 1.29 is 4.79 Å². The second-order valence-corrected chi connectivity index (χ2v) is 7.10. The number of aromatic amines is 1. The van der Waals surface area contributed by atoms with Gasteiger partial charge in [0.25, 0.3) is 11.1 Å². The van der Waals surface area contributed by atoms with Crippen LogP contribution >= 0.6 is 0 Å². The minimum absolute atomic E-state index is 0.0901. The Bertz CT molecular complexity index is 1290. The molecule has 3 aromatic rings. The van der Waals surface area contributed by atoms with Crippen molar-refractivity contribution in [3.63, 3.8) is 0 Å². The summed E-state index contributed by atoms with van der Waals surface area (Å²) < 4.78 is 2.41. The Morgan fingerprint density at radius 2 is 2.00 bits per heavy atom. The second-order valence-electron chi connectivity index (χ2n) is 7.10. The summed E-state index contributed by atoms with van der Waals surface area (Å²) in [7, 11) is 1.38. The maximum Gasteiger partial charge on any atom is 0.330 e. The summed E-state index contributed by atoms with van der Waals surface area (Å²) in [5.41, 5.74) is 5.60. The molecule has 0 aliphatic heterocycles. The number of aryl methyl sites for hydroxylation is 1. The highest BCUT2D eigenvalue weighted by Crippen LogP contribution is 2.16. The van der Waals surface area contributed by atoms with E-state index in [4.69, 9.17) is 5.73 Å². The minimum atomic E-state index is -0.763. The molecule has 2 aromatic heterocycles. The van der Waals surface area contributed by atoms with Crippen LogP contribution in [0.25, 0.3) is 10.9 Å². The fourth-order valence-corrected chi connectivity index (χ4v) is 3.27. The number of H-pyrrole nitrogens is 1. The SMILES string of the molecule is CCCCn1c(N)c(N(C)C(=O)Cn2cnc3c(C)cccc3c2=O)c(=O)[nH]c1=O. The highest BCUT2D eigenvalue weighted by Gasteiger charge is 2.21. The van der Waals surface area contributed by atoms with Crippen molar-refractivity contribution in [1.82, 2.24) is 19.1 Å². The van der Waals surface area contributed by atoms with Gasteiger partial charge in [-0.1, -0.05) is 25.5 Å². The van der Waals surface area contributed by atoms with Crippen LogP contribution in [0.15, 0.2) is 38.9 Å². The Kier molecular flexibility index (Phi) is 5.86. The van der Waals surface area contributed by atoms with Gasteiger partial charge >= 0.3 is 5.69 Å². The lowest BCUT2D eigenvalue weighted by molar-refractivity contribution is -0.118. The predicted molar refractivity (Wildman–Crippen MR) is 115 cm³/mol. The average molecular weight is 412 g/mol. The normalized spacial score (nSPS) is 11.0. The molecule has 10 heteroatoms. The Labute approximate surface area is 171 Å². The minimum Gasteiger partial charge on any atom is -0.383 e. The number of unbranched alkanes of at least 4 members (excludes halogenated alkanes) is 1. The molecule has 158 valence electrons. The van der Waals surface area contributed by atoms with Gasteiger partial charge in [0.05, 0.1) is 17.2 Å². The van der Waals surface area contributed by atoms with Crippen LogP contribution in [0.3, 0.4) is 0 Å². The van der Waals surface area contributed by atoms with Crippen LogP contribution in [-0.4, -0.2) is 32.1 Å². The van der Waals surface area contributed by atoms with Gasteiger partial charge in [-0.25, -0.2) is 9.78 Å². The molecule has 0 unspecified atom stereocenters. The van der Waals surface area contributed by atoms with E-state index in [2.05, 4.69) is 9.97 Å². The number of anilines is 2. The highest BCUT2D eigenvalue weighted by atomic mass is 16.2. The van der Waals surface area contributed by atoms with E-state index in [0.29, 0.717) is 23.9 Å². The monoisotopic (exact) mass is 412 g/mol. The fraction of sp³-hybridized carbons (Fsp3) is 0.350. The van der Waals surface area contributed by atoms with Crippen molar-refractivity contribution >= 4 is 28.3 Å². The van der Waals surface area contributed by atoms with Crippen LogP contribution in [0.2, 0.25) is 0 Å². The maximum atomic E-state index is 12.8. The Morgan fingerprint density at radius 1 is 1.27 bits per heavy atom. The first-order chi connectivity index (χ1) is 14.3. The number of para-hydroxylation sites is 1. The van der Waals surface area contributed by atoms with Crippen molar-refractivity contribution in [2.45, 2.75) is 39.8 Å². The zero-order valence-corrected chi connectivity index (χ0v) is 17.1. The van der Waals surface area contributed by atoms with E-state index in [0.717, 1.165) is 16.9 Å². The molecule has 30 heavy (non-hydrogen) atoms. The average Bonchev–Trinajstić information content (AvgIpc) is 2.70. The summed E-state index contributed by atoms with van der Waals surface area (Å²) in [6.07, 6.45) is 2.82. The number of likely N-dealkylation sites (N-methyl/N-ethyl adjacent to an activating group) is 1. The third kappa shape index (κ3) is 3.76. The first kappa shape index (κ1) is 21.0. The van der Waals surface area contributed by atoms with Gasteiger partial charge in [0.1, 0.15) is 12.4 Å². The molecule has 0 radical (unpaired) electrons. The quantitative estimate of drug-likeness (QED) is 0.608. The summed E-state index contributed by atoms with van der Waals surface area (Å²) in [6, 6.07) is 5.24. The molecule has 0 saturated carbocycles. The van der Waals surface area contributed by atoms with Crippen LogP contribution in [0.1, 0.15) is 25.3 Å². The van der Waals surface area contributed by atoms with Gasteiger partial charge in [-0.15, -0.1) is 0 Å². The lowest BCUT2D eigenvalue weighted by Crippen LogP contribution is -2.41. The topological polar surface area (TPSA) is 136 Å². The van der Waals surface area contributed by atoms with Crippen LogP contribution in [0, 0.1) is 6.92 Å². The van der Waals surface area contributed by atoms with Gasteiger partial charge < -0.3 is 10.6 Å². The summed E-state index contributed by atoms with van der Waals surface area (Å²) in [5.74, 6) is -0.642. The predicted octanol–water partition coefficient (Wildman–Crippen LogP) is 0.600. The van der Waals surface area contributed by atoms with Crippen molar-refractivity contribution in [2.24, 2.45) is 0 Å². The number of fused-ring (bicyclic) bond motifs is 1. The van der Waals surface area contributed by atoms with E-state index in [1.807, 2.05) is 19.9 Å². The molecule has 3 rings (SSSR count). The zero-order valence-electron chi connectivity index (χ0n) is 17.1. The molecule has 0 saturated heterocycles. The molecule has 0 aliphatic carbocycles. The van der Waals surface area contributed by atoms with Gasteiger partial charge in [0.2, 0.25) is 5.91 Å². The number of hydrogen-bond donors (Lipinski definition) is 2. The molecule has 0 bridgehead atoms. The third-order valence-electron chi connectivity index (χ3n) is 5.02. The molecule has 0 spiro atoms. The van der Waals surface area contributed by atoms with Gasteiger partial charge in [0.15, 0.2) is 5.69 Å². The number of rotatable bonds is 6. The zero-order chi connectivity index (χ0) is 22.0. The molecule has 1 aromatic carbocycles. The molecule has 0 aliphatic rings. The van der Waals surface area contributed by atoms with E-state index in [1.54, 1.807) is 12.1 Å². The highest BCUT2D eigenvalue weighted by molar-refractivity contribution is 5.95. The van der Waals surface area contributed by atoms with Gasteiger partial charge in [-0.05, 0) is 25.0 Å². The lowest BCUT2D eigenvalue weighted by Gasteiger charge is -2.20. The summed E-state index contributed by atoms with van der Waals surface area (Å²) >= 11 is 0. The van der Waals surface area contributed by atoms with Crippen molar-refractivity contribution in [1.29, 1.82) is 0 Å². The number of nitrogen functional groups attached to an aromatic ring is 1. The summed E-state index contributed by atoms with van der Waals surface area (Å²) in [5, 5.41) is 0.401. The number of amides is 1. The van der Waals surface area contributed by atoms with E-state index in [9.17, 15) is 19.2 Å². The molecule has 1 amide bonds. The molecular formula is C20H24N6O4. The lowest BCUT2D eigenvalue weighted by atomic mass is 10.1. The molecule has 0 atom stereocenters. The van der Waals surface area contributed by atoms with Crippen LogP contribution in [0.4, 0.5) is 11.5 Å². The van der Waals surface area contributed by atoms with Crippen molar-refractivity contribution in [2.75, 3.05) is 17.7 Å². The van der Waals surface area contributed by atoms with Crippen LogP contribution in [0.5, 0.6) is 0 Å². The molecule has 2 heterocycles. The maximum absolute atomic E-state index is 12.8. The molecule has 10 nitrogen and oxygen atoms in total. The summed E-state index contributed by atoms with van der Waals surface area (Å²) in [4.78, 5) is 57.5. The third-order valence-corrected chi connectivity index (χ3v) is 5.02. The standard InChI is InChI=1S/C20H24N6O4/c1-4-5-9-26-17(21)16(18(28)23-20(26)30)24(3)14(27)10-25-11-22-15-12(2)7-6-8-13(15)19(25)29/h6-8,11H,4-5,9-10,21H2,1-3H3,(H,23,28,30). The van der Waals surface area contributed by atoms with E-state index >= 15 is 0 Å². The van der Waals surface area contributed by atoms with Gasteiger partial charge in [-0.2, -0.15) is 0 Å². The van der Waals surface area contributed by atoms with Crippen molar-refractivity contribution in [3.8, 4) is 0 Å². The number of aromatic nitrogens is 4. The number of benzene rings is 1. The van der Waals surface area contributed by atoms with E-state index < -0.39 is 17.2 Å². The Hall–Kier alpha value is -3.69. The number of carbonyl (C=O) groups excluding carboxylic acids is 1.